The Morgan fingerprint density at radius 3 is 2.85 bits per heavy atom. The van der Waals surface area contributed by atoms with Crippen LogP contribution < -0.4 is 5.73 Å². The third-order valence-electron chi connectivity index (χ3n) is 2.55. The van der Waals surface area contributed by atoms with Crippen molar-refractivity contribution in [3.05, 3.63) is 22.8 Å². The van der Waals surface area contributed by atoms with Gasteiger partial charge in [-0.05, 0) is 18.9 Å². The van der Waals surface area contributed by atoms with Crippen molar-refractivity contribution in [2.75, 3.05) is 5.73 Å². The largest absolute Gasteiger partial charge is 0.392 e. The van der Waals surface area contributed by atoms with Crippen LogP contribution in [0.3, 0.4) is 0 Å². The fraction of sp³-hybridized carbons (Fsp3) is 0.444. The molecule has 4 heteroatoms. The van der Waals surface area contributed by atoms with Crippen LogP contribution >= 0.6 is 11.6 Å². The van der Waals surface area contributed by atoms with Crippen molar-refractivity contribution < 1.29 is 5.11 Å². The van der Waals surface area contributed by atoms with Crippen LogP contribution in [0.5, 0.6) is 0 Å². The van der Waals surface area contributed by atoms with Crippen molar-refractivity contribution in [3.8, 4) is 0 Å². The number of hydrogen-bond acceptors (Lipinski definition) is 3. The number of anilines is 1. The van der Waals surface area contributed by atoms with E-state index in [0.29, 0.717) is 10.8 Å². The molecule has 1 aromatic rings. The molecule has 0 spiro atoms. The van der Waals surface area contributed by atoms with Gasteiger partial charge in [-0.1, -0.05) is 11.6 Å². The minimum Gasteiger partial charge on any atom is -0.392 e. The molecule has 1 saturated carbocycles. The van der Waals surface area contributed by atoms with Gasteiger partial charge in [-0.2, -0.15) is 0 Å². The Kier molecular flexibility index (Phi) is 2.14. The molecule has 2 rings (SSSR count). The van der Waals surface area contributed by atoms with E-state index in [0.717, 1.165) is 18.4 Å². The second-order valence-corrected chi connectivity index (χ2v) is 3.82. The van der Waals surface area contributed by atoms with Crippen LogP contribution in [0.2, 0.25) is 5.02 Å². The quantitative estimate of drug-likeness (QED) is 0.720. The van der Waals surface area contributed by atoms with Crippen LogP contribution in [0.4, 0.5) is 5.82 Å². The summed E-state index contributed by atoms with van der Waals surface area (Å²) in [5.74, 6) is 0.611. The van der Waals surface area contributed by atoms with Gasteiger partial charge in [-0.3, -0.25) is 0 Å². The third-order valence-corrected chi connectivity index (χ3v) is 2.76. The summed E-state index contributed by atoms with van der Waals surface area (Å²) in [5, 5.41) is 10.0. The van der Waals surface area contributed by atoms with Crippen molar-refractivity contribution in [2.24, 2.45) is 0 Å². The molecule has 0 bridgehead atoms. The van der Waals surface area contributed by atoms with Gasteiger partial charge in [0.05, 0.1) is 11.1 Å². The first kappa shape index (κ1) is 8.78. The first-order valence-corrected chi connectivity index (χ1v) is 4.65. The molecule has 3 nitrogen and oxygen atoms in total. The molecule has 0 aliphatic heterocycles. The van der Waals surface area contributed by atoms with E-state index in [4.69, 9.17) is 17.3 Å². The van der Waals surface area contributed by atoms with Crippen LogP contribution in [0.15, 0.2) is 12.3 Å². The number of nitrogen functional groups attached to an aromatic ring is 1. The van der Waals surface area contributed by atoms with Gasteiger partial charge in [-0.15, -0.1) is 0 Å². The SMILES string of the molecule is Nc1ncc(Cl)cc1C1CCC1O. The Hall–Kier alpha value is -0.800. The summed E-state index contributed by atoms with van der Waals surface area (Å²) >= 11 is 5.79. The van der Waals surface area contributed by atoms with Gasteiger partial charge in [0.2, 0.25) is 0 Å². The number of pyridine rings is 1. The minimum atomic E-state index is -0.275. The standard InChI is InChI=1S/C9H11ClN2O/c10-5-3-7(9(11)12-4-5)6-1-2-8(6)13/h3-4,6,8,13H,1-2H2,(H2,11,12). The molecule has 1 aliphatic rings. The molecular weight excluding hydrogens is 188 g/mol. The molecule has 0 aromatic carbocycles. The van der Waals surface area contributed by atoms with Crippen molar-refractivity contribution in [2.45, 2.75) is 24.9 Å². The highest BCUT2D eigenvalue weighted by Crippen LogP contribution is 2.39. The van der Waals surface area contributed by atoms with E-state index >= 15 is 0 Å². The molecule has 1 heterocycles. The lowest BCUT2D eigenvalue weighted by Gasteiger charge is -2.33. The number of halogens is 1. The second-order valence-electron chi connectivity index (χ2n) is 3.38. The molecule has 0 radical (unpaired) electrons. The van der Waals surface area contributed by atoms with Gasteiger partial charge in [0, 0.05) is 17.7 Å². The Morgan fingerprint density at radius 2 is 2.31 bits per heavy atom. The maximum atomic E-state index is 9.45. The number of nitrogens with zero attached hydrogens (tertiary/aromatic N) is 1. The van der Waals surface area contributed by atoms with Gasteiger partial charge in [-0.25, -0.2) is 4.98 Å². The summed E-state index contributed by atoms with van der Waals surface area (Å²) in [6.07, 6.45) is 3.05. The average molecular weight is 199 g/mol. The Bertz CT molecular complexity index is 329. The average Bonchev–Trinajstić information content (AvgIpc) is 2.09. The van der Waals surface area contributed by atoms with E-state index in [-0.39, 0.29) is 12.0 Å². The maximum Gasteiger partial charge on any atom is 0.127 e. The smallest absolute Gasteiger partial charge is 0.127 e. The monoisotopic (exact) mass is 198 g/mol. The summed E-state index contributed by atoms with van der Waals surface area (Å²) in [6, 6.07) is 1.79. The molecule has 13 heavy (non-hydrogen) atoms. The van der Waals surface area contributed by atoms with Gasteiger partial charge >= 0.3 is 0 Å². The number of rotatable bonds is 1. The van der Waals surface area contributed by atoms with Gasteiger partial charge < -0.3 is 10.8 Å². The highest BCUT2D eigenvalue weighted by molar-refractivity contribution is 6.30. The van der Waals surface area contributed by atoms with Crippen LogP contribution in [0, 0.1) is 0 Å². The number of aromatic nitrogens is 1. The van der Waals surface area contributed by atoms with Crippen LogP contribution in [-0.4, -0.2) is 16.2 Å². The number of hydrogen-bond donors (Lipinski definition) is 2. The summed E-state index contributed by atoms with van der Waals surface area (Å²) in [6.45, 7) is 0. The fourth-order valence-electron chi connectivity index (χ4n) is 1.61. The maximum absolute atomic E-state index is 9.45. The third kappa shape index (κ3) is 1.49. The summed E-state index contributed by atoms with van der Waals surface area (Å²) in [5.41, 5.74) is 6.56. The molecule has 1 aliphatic carbocycles. The van der Waals surface area contributed by atoms with E-state index in [1.165, 1.54) is 6.20 Å². The Morgan fingerprint density at radius 1 is 1.54 bits per heavy atom. The molecule has 0 amide bonds. The molecule has 1 aromatic heterocycles. The lowest BCUT2D eigenvalue weighted by Crippen LogP contribution is -2.29. The molecule has 3 N–H and O–H groups in total. The van der Waals surface area contributed by atoms with Crippen LogP contribution in [0.25, 0.3) is 0 Å². The Labute approximate surface area is 81.5 Å². The normalized spacial score (nSPS) is 26.9. The molecule has 1 fully saturated rings. The highest BCUT2D eigenvalue weighted by atomic mass is 35.5. The topological polar surface area (TPSA) is 59.1 Å². The van der Waals surface area contributed by atoms with Gasteiger partial charge in [0.25, 0.3) is 0 Å². The zero-order chi connectivity index (χ0) is 9.42. The predicted molar refractivity (Wildman–Crippen MR) is 51.6 cm³/mol. The number of aliphatic hydroxyl groups is 1. The van der Waals surface area contributed by atoms with E-state index < -0.39 is 0 Å². The van der Waals surface area contributed by atoms with Crippen molar-refractivity contribution in [3.63, 3.8) is 0 Å². The van der Waals surface area contributed by atoms with E-state index in [9.17, 15) is 5.11 Å². The van der Waals surface area contributed by atoms with Crippen molar-refractivity contribution >= 4 is 17.4 Å². The van der Waals surface area contributed by atoms with Gasteiger partial charge in [0.15, 0.2) is 0 Å². The van der Waals surface area contributed by atoms with Crippen LogP contribution in [-0.2, 0) is 0 Å². The predicted octanol–water partition coefficient (Wildman–Crippen LogP) is 1.56. The minimum absolute atomic E-state index is 0.131. The summed E-state index contributed by atoms with van der Waals surface area (Å²) < 4.78 is 0. The second kappa shape index (κ2) is 3.16. The zero-order valence-electron chi connectivity index (χ0n) is 7.07. The van der Waals surface area contributed by atoms with E-state index in [1.54, 1.807) is 6.07 Å². The van der Waals surface area contributed by atoms with Crippen molar-refractivity contribution in [1.82, 2.24) is 4.98 Å². The fourth-order valence-corrected chi connectivity index (χ4v) is 1.77. The Balaban J connectivity index is 2.33. The van der Waals surface area contributed by atoms with Gasteiger partial charge in [0.1, 0.15) is 5.82 Å². The summed E-state index contributed by atoms with van der Waals surface area (Å²) in [7, 11) is 0. The lowest BCUT2D eigenvalue weighted by molar-refractivity contribution is 0.0663. The molecule has 0 saturated heterocycles. The van der Waals surface area contributed by atoms with E-state index in [1.807, 2.05) is 0 Å². The van der Waals surface area contributed by atoms with E-state index in [2.05, 4.69) is 4.98 Å². The molecule has 2 unspecified atom stereocenters. The number of nitrogens with two attached hydrogens (primary N) is 1. The molecular formula is C9H11ClN2O. The van der Waals surface area contributed by atoms with Crippen LogP contribution in [0.1, 0.15) is 24.3 Å². The van der Waals surface area contributed by atoms with Crippen molar-refractivity contribution in [1.29, 1.82) is 0 Å². The highest BCUT2D eigenvalue weighted by Gasteiger charge is 2.32. The zero-order valence-corrected chi connectivity index (χ0v) is 7.83. The summed E-state index contributed by atoms with van der Waals surface area (Å²) in [4.78, 5) is 3.95. The lowest BCUT2D eigenvalue weighted by atomic mass is 9.77. The molecule has 70 valence electrons. The first-order valence-electron chi connectivity index (χ1n) is 4.27. The first-order chi connectivity index (χ1) is 6.18. The number of aliphatic hydroxyl groups excluding tert-OH is 1. The molecule has 2 atom stereocenters.